The van der Waals surface area contributed by atoms with Gasteiger partial charge in [-0.15, -0.1) is 11.3 Å². The zero-order chi connectivity index (χ0) is 28.3. The van der Waals surface area contributed by atoms with Crippen LogP contribution in [-0.4, -0.2) is 35.8 Å². The summed E-state index contributed by atoms with van der Waals surface area (Å²) in [7, 11) is 0. The van der Waals surface area contributed by atoms with Gasteiger partial charge in [-0.3, -0.25) is 4.79 Å². The zero-order valence-electron chi connectivity index (χ0n) is 23.7. The van der Waals surface area contributed by atoms with Crippen LogP contribution in [0.1, 0.15) is 55.9 Å². The minimum absolute atomic E-state index is 0.220. The van der Waals surface area contributed by atoms with Gasteiger partial charge in [-0.1, -0.05) is 48.0 Å². The lowest BCUT2D eigenvalue weighted by atomic mass is 9.71. The maximum absolute atomic E-state index is 13.7. The van der Waals surface area contributed by atoms with E-state index in [0.29, 0.717) is 16.4 Å². The molecule has 1 aromatic heterocycles. The number of nitrogens with one attached hydrogen (secondary N) is 2. The van der Waals surface area contributed by atoms with Crippen LogP contribution in [0.25, 0.3) is 11.3 Å². The molecule has 0 bridgehead atoms. The zero-order valence-corrected chi connectivity index (χ0v) is 24.5. The van der Waals surface area contributed by atoms with Gasteiger partial charge in [0.25, 0.3) is 0 Å². The van der Waals surface area contributed by atoms with Crippen molar-refractivity contribution in [3.05, 3.63) is 81.4 Å². The van der Waals surface area contributed by atoms with E-state index in [-0.39, 0.29) is 13.2 Å². The molecule has 0 fully saturated rings. The molecule has 2 heterocycles. The van der Waals surface area contributed by atoms with Gasteiger partial charge in [0, 0.05) is 22.6 Å². The average molecular weight is 548 g/mol. The number of benzene rings is 2. The molecule has 3 atom stereocenters. The Morgan fingerprint density at radius 2 is 1.67 bits per heavy atom. The van der Waals surface area contributed by atoms with Crippen LogP contribution in [0, 0.1) is 26.7 Å². The van der Waals surface area contributed by atoms with Crippen LogP contribution in [0.2, 0.25) is 0 Å². The van der Waals surface area contributed by atoms with E-state index in [4.69, 9.17) is 14.5 Å². The van der Waals surface area contributed by atoms with Crippen molar-refractivity contribution in [1.29, 1.82) is 0 Å². The lowest BCUT2D eigenvalue weighted by Gasteiger charge is -2.46. The Bertz CT molecular complexity index is 1370. The summed E-state index contributed by atoms with van der Waals surface area (Å²) >= 11 is 1.48. The Morgan fingerprint density at radius 3 is 2.28 bits per heavy atom. The van der Waals surface area contributed by atoms with Gasteiger partial charge < -0.3 is 20.1 Å². The van der Waals surface area contributed by atoms with Gasteiger partial charge in [0.05, 0.1) is 24.5 Å². The lowest BCUT2D eigenvalue weighted by molar-refractivity contribution is -0.152. The SMILES string of the molecule is CCOC(=O)C1=C(C)NC(C)(Nc2nc(-c3c(C)cc(C)cc3C)cs2)C(C(=O)OCC)C1c1ccccc1. The summed E-state index contributed by atoms with van der Waals surface area (Å²) in [5, 5.41) is 9.64. The lowest BCUT2D eigenvalue weighted by Crippen LogP contribution is -2.62. The van der Waals surface area contributed by atoms with E-state index in [2.05, 4.69) is 43.5 Å². The van der Waals surface area contributed by atoms with Crippen molar-refractivity contribution < 1.29 is 19.1 Å². The number of hydrogen-bond donors (Lipinski definition) is 2. The fourth-order valence-electron chi connectivity index (χ4n) is 5.74. The molecule has 1 aliphatic rings. The summed E-state index contributed by atoms with van der Waals surface area (Å²) in [6.45, 7) is 14.0. The van der Waals surface area contributed by atoms with Crippen molar-refractivity contribution in [2.45, 2.75) is 60.0 Å². The van der Waals surface area contributed by atoms with E-state index in [1.54, 1.807) is 13.8 Å². The number of nitrogens with zero attached hydrogens (tertiary/aromatic N) is 1. The summed E-state index contributed by atoms with van der Waals surface area (Å²) in [5.41, 5.74) is 6.41. The first-order valence-electron chi connectivity index (χ1n) is 13.3. The van der Waals surface area contributed by atoms with Crippen LogP contribution in [0.4, 0.5) is 5.13 Å². The van der Waals surface area contributed by atoms with Gasteiger partial charge >= 0.3 is 11.9 Å². The summed E-state index contributed by atoms with van der Waals surface area (Å²) in [4.78, 5) is 31.8. The summed E-state index contributed by atoms with van der Waals surface area (Å²) in [6.07, 6.45) is 0. The second-order valence-corrected chi connectivity index (χ2v) is 11.0. The number of anilines is 1. The molecule has 0 radical (unpaired) electrons. The molecule has 2 aromatic carbocycles. The number of carbonyl (C=O) groups excluding carboxylic acids is 2. The Morgan fingerprint density at radius 1 is 1.03 bits per heavy atom. The maximum atomic E-state index is 13.7. The molecule has 7 nitrogen and oxygen atoms in total. The highest BCUT2D eigenvalue weighted by Gasteiger charge is 2.53. The minimum Gasteiger partial charge on any atom is -0.466 e. The van der Waals surface area contributed by atoms with Crippen LogP contribution in [0.5, 0.6) is 0 Å². The second-order valence-electron chi connectivity index (χ2n) is 10.1. The number of esters is 2. The Hall–Kier alpha value is -3.65. The van der Waals surface area contributed by atoms with E-state index < -0.39 is 29.4 Å². The number of ether oxygens (including phenoxy) is 2. The van der Waals surface area contributed by atoms with Gasteiger partial charge in [-0.05, 0) is 65.2 Å². The number of hydrogen-bond acceptors (Lipinski definition) is 8. The standard InChI is InChI=1S/C31H37N3O4S/c1-8-37-28(35)25-21(6)33-31(7,27(29(36)38-9-2)26(25)22-13-11-10-12-14-22)34-30-32-23(17-39-30)24-19(4)15-18(3)16-20(24)5/h10-17,26-27,33H,8-9H2,1-7H3,(H,32,34). The summed E-state index contributed by atoms with van der Waals surface area (Å²) in [6, 6.07) is 13.9. The quantitative estimate of drug-likeness (QED) is 0.322. The highest BCUT2D eigenvalue weighted by atomic mass is 32.1. The normalized spacial score (nSPS) is 20.8. The van der Waals surface area contributed by atoms with Crippen LogP contribution in [0.15, 0.2) is 59.1 Å². The molecule has 0 aliphatic carbocycles. The van der Waals surface area contributed by atoms with E-state index in [0.717, 1.165) is 27.9 Å². The van der Waals surface area contributed by atoms with Crippen LogP contribution in [0.3, 0.4) is 0 Å². The number of aryl methyl sites for hydroxylation is 3. The molecule has 2 N–H and O–H groups in total. The summed E-state index contributed by atoms with van der Waals surface area (Å²) < 4.78 is 11.0. The van der Waals surface area contributed by atoms with Crippen LogP contribution >= 0.6 is 11.3 Å². The third kappa shape index (κ3) is 5.71. The smallest absolute Gasteiger partial charge is 0.336 e. The number of allylic oxidation sites excluding steroid dienone is 1. The Labute approximate surface area is 234 Å². The van der Waals surface area contributed by atoms with Gasteiger partial charge in [0.2, 0.25) is 0 Å². The molecule has 39 heavy (non-hydrogen) atoms. The van der Waals surface area contributed by atoms with E-state index in [9.17, 15) is 9.59 Å². The van der Waals surface area contributed by atoms with Gasteiger partial charge in [0.15, 0.2) is 5.13 Å². The maximum Gasteiger partial charge on any atom is 0.336 e. The molecule has 1 aliphatic heterocycles. The fraction of sp³-hybridized carbons (Fsp3) is 0.387. The number of aromatic nitrogens is 1. The van der Waals surface area contributed by atoms with Crippen molar-refractivity contribution in [2.75, 3.05) is 18.5 Å². The molecule has 8 heteroatoms. The monoisotopic (exact) mass is 547 g/mol. The van der Waals surface area contributed by atoms with E-state index in [1.165, 1.54) is 16.9 Å². The Balaban J connectivity index is 1.81. The molecule has 3 unspecified atom stereocenters. The van der Waals surface area contributed by atoms with Crippen molar-refractivity contribution in [3.8, 4) is 11.3 Å². The van der Waals surface area contributed by atoms with Gasteiger partial charge in [-0.25, -0.2) is 9.78 Å². The minimum atomic E-state index is -1.01. The topological polar surface area (TPSA) is 89.5 Å². The van der Waals surface area contributed by atoms with Crippen molar-refractivity contribution in [1.82, 2.24) is 10.3 Å². The predicted octanol–water partition coefficient (Wildman–Crippen LogP) is 6.27. The first-order valence-corrected chi connectivity index (χ1v) is 14.2. The van der Waals surface area contributed by atoms with Crippen LogP contribution in [-0.2, 0) is 19.1 Å². The third-order valence-corrected chi connectivity index (χ3v) is 7.87. The average Bonchev–Trinajstić information content (AvgIpc) is 3.30. The largest absolute Gasteiger partial charge is 0.466 e. The first kappa shape index (κ1) is 28.4. The molecule has 0 amide bonds. The van der Waals surface area contributed by atoms with Gasteiger partial charge in [-0.2, -0.15) is 0 Å². The highest BCUT2D eigenvalue weighted by Crippen LogP contribution is 2.45. The van der Waals surface area contributed by atoms with Crippen molar-refractivity contribution in [3.63, 3.8) is 0 Å². The van der Waals surface area contributed by atoms with Crippen molar-refractivity contribution >= 4 is 28.4 Å². The molecule has 4 rings (SSSR count). The molecule has 0 saturated heterocycles. The molecule has 0 saturated carbocycles. The number of carbonyl (C=O) groups is 2. The molecule has 3 aromatic rings. The summed E-state index contributed by atoms with van der Waals surface area (Å²) in [5.74, 6) is -2.25. The van der Waals surface area contributed by atoms with Crippen LogP contribution < -0.4 is 10.6 Å². The van der Waals surface area contributed by atoms with E-state index >= 15 is 0 Å². The molecular weight excluding hydrogens is 510 g/mol. The number of thiazole rings is 1. The number of rotatable bonds is 8. The fourth-order valence-corrected chi connectivity index (χ4v) is 6.56. The second kappa shape index (κ2) is 11.6. The van der Waals surface area contributed by atoms with E-state index in [1.807, 2.05) is 49.6 Å². The molecule has 206 valence electrons. The third-order valence-electron chi connectivity index (χ3n) is 7.12. The van der Waals surface area contributed by atoms with Crippen molar-refractivity contribution in [2.24, 2.45) is 5.92 Å². The van der Waals surface area contributed by atoms with Gasteiger partial charge in [0.1, 0.15) is 11.6 Å². The molecular formula is C31H37N3O4S. The predicted molar refractivity (Wildman–Crippen MR) is 156 cm³/mol. The highest BCUT2D eigenvalue weighted by molar-refractivity contribution is 7.14. The molecule has 0 spiro atoms. The Kier molecular flexibility index (Phi) is 8.45. The first-order chi connectivity index (χ1) is 18.6.